The number of fused-ring (bicyclic) bond motifs is 1. The highest BCUT2D eigenvalue weighted by Gasteiger charge is 2.08. The van der Waals surface area contributed by atoms with Crippen molar-refractivity contribution in [2.45, 2.75) is 46.1 Å². The molecule has 0 saturated heterocycles. The molecule has 1 heterocycles. The molecular weight excluding hydrogens is 196 g/mol. The Morgan fingerprint density at radius 1 is 1.12 bits per heavy atom. The summed E-state index contributed by atoms with van der Waals surface area (Å²) in [7, 11) is 0. The molecule has 1 aromatic carbocycles. The van der Waals surface area contributed by atoms with Crippen LogP contribution in [-0.2, 0) is 13.0 Å². The first kappa shape index (κ1) is 11.2. The van der Waals surface area contributed by atoms with Crippen molar-refractivity contribution < 1.29 is 0 Å². The minimum Gasteiger partial charge on any atom is -0.328 e. The summed E-state index contributed by atoms with van der Waals surface area (Å²) in [4.78, 5) is 4.72. The lowest BCUT2D eigenvalue weighted by atomic mass is 10.3. The minimum absolute atomic E-state index is 1.08. The van der Waals surface area contributed by atoms with Crippen LogP contribution in [0.5, 0.6) is 0 Å². The Morgan fingerprint density at radius 2 is 1.94 bits per heavy atom. The first-order chi connectivity index (χ1) is 7.86. The number of rotatable bonds is 5. The molecule has 1 aromatic heterocycles. The highest BCUT2D eigenvalue weighted by Crippen LogP contribution is 2.17. The normalized spacial score (nSPS) is 11.1. The fraction of sp³-hybridized carbons (Fsp3) is 0.500. The van der Waals surface area contributed by atoms with Crippen LogP contribution >= 0.6 is 0 Å². The maximum Gasteiger partial charge on any atom is 0.109 e. The van der Waals surface area contributed by atoms with Crippen molar-refractivity contribution in [2.24, 2.45) is 0 Å². The zero-order valence-electron chi connectivity index (χ0n) is 10.2. The lowest BCUT2D eigenvalue weighted by Crippen LogP contribution is -2.03. The van der Waals surface area contributed by atoms with E-state index in [2.05, 4.69) is 42.7 Å². The molecular formula is C14H20N2. The third-order valence-corrected chi connectivity index (χ3v) is 2.94. The SMILES string of the molecule is CCCCn1c(CCC)nc2ccccc21. The Labute approximate surface area is 97.3 Å². The quantitative estimate of drug-likeness (QED) is 0.743. The average Bonchev–Trinajstić information content (AvgIpc) is 2.65. The van der Waals surface area contributed by atoms with Crippen molar-refractivity contribution in [3.05, 3.63) is 30.1 Å². The smallest absolute Gasteiger partial charge is 0.109 e. The molecule has 0 aliphatic rings. The number of nitrogens with zero attached hydrogens (tertiary/aromatic N) is 2. The number of hydrogen-bond acceptors (Lipinski definition) is 1. The van der Waals surface area contributed by atoms with Gasteiger partial charge in [0.25, 0.3) is 0 Å². The van der Waals surface area contributed by atoms with E-state index < -0.39 is 0 Å². The van der Waals surface area contributed by atoms with Crippen molar-refractivity contribution in [3.63, 3.8) is 0 Å². The summed E-state index contributed by atoms with van der Waals surface area (Å²) in [6.45, 7) is 5.55. The number of aryl methyl sites for hydroxylation is 2. The van der Waals surface area contributed by atoms with E-state index in [0.29, 0.717) is 0 Å². The maximum atomic E-state index is 4.72. The molecule has 2 rings (SSSR count). The minimum atomic E-state index is 1.08. The topological polar surface area (TPSA) is 17.8 Å². The number of hydrogen-bond donors (Lipinski definition) is 0. The molecule has 0 unspecified atom stereocenters. The predicted octanol–water partition coefficient (Wildman–Crippen LogP) is 3.79. The number of aromatic nitrogens is 2. The Bertz CT molecular complexity index is 457. The molecule has 0 atom stereocenters. The number of para-hydroxylation sites is 2. The molecule has 2 nitrogen and oxygen atoms in total. The Kier molecular flexibility index (Phi) is 3.60. The van der Waals surface area contributed by atoms with Gasteiger partial charge < -0.3 is 4.57 Å². The van der Waals surface area contributed by atoms with E-state index in [1.54, 1.807) is 0 Å². The number of benzene rings is 1. The van der Waals surface area contributed by atoms with Gasteiger partial charge in [0.1, 0.15) is 5.82 Å². The summed E-state index contributed by atoms with van der Waals surface area (Å²) in [6, 6.07) is 8.45. The van der Waals surface area contributed by atoms with Crippen molar-refractivity contribution in [1.29, 1.82) is 0 Å². The van der Waals surface area contributed by atoms with Gasteiger partial charge in [-0.15, -0.1) is 0 Å². The van der Waals surface area contributed by atoms with E-state index >= 15 is 0 Å². The molecule has 0 spiro atoms. The molecule has 16 heavy (non-hydrogen) atoms. The van der Waals surface area contributed by atoms with Crippen molar-refractivity contribution >= 4 is 11.0 Å². The van der Waals surface area contributed by atoms with Crippen molar-refractivity contribution in [3.8, 4) is 0 Å². The fourth-order valence-corrected chi connectivity index (χ4v) is 2.11. The lowest BCUT2D eigenvalue weighted by Gasteiger charge is -2.07. The van der Waals surface area contributed by atoms with Crippen LogP contribution in [0.2, 0.25) is 0 Å². The summed E-state index contributed by atoms with van der Waals surface area (Å²) in [5.74, 6) is 1.25. The van der Waals surface area contributed by atoms with E-state index in [4.69, 9.17) is 4.98 Å². The van der Waals surface area contributed by atoms with Crippen LogP contribution < -0.4 is 0 Å². The van der Waals surface area contributed by atoms with Gasteiger partial charge in [-0.1, -0.05) is 32.4 Å². The van der Waals surface area contributed by atoms with E-state index in [1.807, 2.05) is 0 Å². The Balaban J connectivity index is 2.42. The van der Waals surface area contributed by atoms with Gasteiger partial charge in [-0.3, -0.25) is 0 Å². The molecule has 0 radical (unpaired) electrons. The van der Waals surface area contributed by atoms with Crippen LogP contribution in [0.25, 0.3) is 11.0 Å². The van der Waals surface area contributed by atoms with E-state index in [9.17, 15) is 0 Å². The molecule has 0 bridgehead atoms. The van der Waals surface area contributed by atoms with E-state index in [0.717, 1.165) is 24.9 Å². The standard InChI is InChI=1S/C14H20N2/c1-3-5-11-16-13-10-7-6-9-12(13)15-14(16)8-4-2/h6-7,9-10H,3-5,8,11H2,1-2H3. The second-order valence-corrected chi connectivity index (χ2v) is 4.27. The van der Waals surface area contributed by atoms with Crippen LogP contribution in [-0.4, -0.2) is 9.55 Å². The summed E-state index contributed by atoms with van der Waals surface area (Å²) in [6.07, 6.45) is 4.71. The largest absolute Gasteiger partial charge is 0.328 e. The summed E-state index contributed by atoms with van der Waals surface area (Å²) >= 11 is 0. The first-order valence-electron chi connectivity index (χ1n) is 6.31. The summed E-state index contributed by atoms with van der Waals surface area (Å²) < 4.78 is 2.39. The monoisotopic (exact) mass is 216 g/mol. The third kappa shape index (κ3) is 2.11. The van der Waals surface area contributed by atoms with Gasteiger partial charge in [-0.25, -0.2) is 4.98 Å². The fourth-order valence-electron chi connectivity index (χ4n) is 2.11. The highest BCUT2D eigenvalue weighted by atomic mass is 15.1. The van der Waals surface area contributed by atoms with Crippen molar-refractivity contribution in [2.75, 3.05) is 0 Å². The van der Waals surface area contributed by atoms with Crippen molar-refractivity contribution in [1.82, 2.24) is 9.55 Å². The van der Waals surface area contributed by atoms with Gasteiger partial charge in [0, 0.05) is 13.0 Å². The second-order valence-electron chi connectivity index (χ2n) is 4.27. The second kappa shape index (κ2) is 5.15. The number of unbranched alkanes of at least 4 members (excludes halogenated alkanes) is 1. The molecule has 0 saturated carbocycles. The highest BCUT2D eigenvalue weighted by molar-refractivity contribution is 5.75. The Hall–Kier alpha value is -1.31. The van der Waals surface area contributed by atoms with Crippen LogP contribution in [0.15, 0.2) is 24.3 Å². The van der Waals surface area contributed by atoms with Crippen LogP contribution in [0.3, 0.4) is 0 Å². The molecule has 0 aliphatic carbocycles. The maximum absolute atomic E-state index is 4.72. The predicted molar refractivity (Wildman–Crippen MR) is 68.6 cm³/mol. The van der Waals surface area contributed by atoms with Crippen LogP contribution in [0.1, 0.15) is 38.9 Å². The molecule has 86 valence electrons. The van der Waals surface area contributed by atoms with Gasteiger partial charge in [0.2, 0.25) is 0 Å². The van der Waals surface area contributed by atoms with Gasteiger partial charge >= 0.3 is 0 Å². The molecule has 2 heteroatoms. The van der Waals surface area contributed by atoms with E-state index in [1.165, 1.54) is 24.2 Å². The van der Waals surface area contributed by atoms with Gasteiger partial charge in [-0.2, -0.15) is 0 Å². The van der Waals surface area contributed by atoms with E-state index in [-0.39, 0.29) is 0 Å². The van der Waals surface area contributed by atoms with Gasteiger partial charge in [-0.05, 0) is 25.0 Å². The van der Waals surface area contributed by atoms with Gasteiger partial charge in [0.15, 0.2) is 0 Å². The zero-order chi connectivity index (χ0) is 11.4. The third-order valence-electron chi connectivity index (χ3n) is 2.94. The molecule has 0 N–H and O–H groups in total. The van der Waals surface area contributed by atoms with Crippen LogP contribution in [0, 0.1) is 0 Å². The molecule has 2 aromatic rings. The summed E-state index contributed by atoms with van der Waals surface area (Å²) in [5, 5.41) is 0. The number of imidazole rings is 1. The average molecular weight is 216 g/mol. The van der Waals surface area contributed by atoms with Gasteiger partial charge in [0.05, 0.1) is 11.0 Å². The van der Waals surface area contributed by atoms with Crippen LogP contribution in [0.4, 0.5) is 0 Å². The molecule has 0 fully saturated rings. The zero-order valence-corrected chi connectivity index (χ0v) is 10.2. The molecule has 0 aliphatic heterocycles. The summed E-state index contributed by atoms with van der Waals surface area (Å²) in [5.41, 5.74) is 2.43. The Morgan fingerprint density at radius 3 is 2.69 bits per heavy atom. The lowest BCUT2D eigenvalue weighted by molar-refractivity contribution is 0.611. The first-order valence-corrected chi connectivity index (χ1v) is 6.31. The molecule has 0 amide bonds.